The van der Waals surface area contributed by atoms with Crippen LogP contribution in [0.3, 0.4) is 0 Å². The summed E-state index contributed by atoms with van der Waals surface area (Å²) >= 11 is 0. The Kier molecular flexibility index (Phi) is 4.39. The number of rotatable bonds is 4. The summed E-state index contributed by atoms with van der Waals surface area (Å²) in [4.78, 5) is 4.64. The van der Waals surface area contributed by atoms with Gasteiger partial charge in [-0.3, -0.25) is 4.98 Å². The van der Waals surface area contributed by atoms with Gasteiger partial charge >= 0.3 is 0 Å². The van der Waals surface area contributed by atoms with Gasteiger partial charge in [0.1, 0.15) is 5.54 Å². The lowest BCUT2D eigenvalue weighted by Crippen LogP contribution is -2.34. The number of nitrogens with zero attached hydrogens (tertiary/aromatic N) is 1. The maximum Gasteiger partial charge on any atom is 0.102 e. The van der Waals surface area contributed by atoms with Crippen molar-refractivity contribution in [1.29, 1.82) is 0 Å². The third kappa shape index (κ3) is 3.05. The molecule has 24 heavy (non-hydrogen) atoms. The van der Waals surface area contributed by atoms with Crippen molar-refractivity contribution in [3.05, 3.63) is 94.8 Å². The van der Waals surface area contributed by atoms with E-state index in [9.17, 15) is 0 Å². The van der Waals surface area contributed by atoms with Crippen LogP contribution in [0.25, 0.3) is 0 Å². The first-order chi connectivity index (χ1) is 11.5. The molecule has 1 aromatic heterocycles. The van der Waals surface area contributed by atoms with Crippen molar-refractivity contribution in [3.8, 4) is 0 Å². The fourth-order valence-corrected chi connectivity index (χ4v) is 3.34. The Bertz CT molecular complexity index is 761. The van der Waals surface area contributed by atoms with Crippen LogP contribution in [0, 0.1) is 20.8 Å². The second-order valence-corrected chi connectivity index (χ2v) is 6.60. The lowest BCUT2D eigenvalue weighted by molar-refractivity contribution is 0.634. The number of benzene rings is 2. The van der Waals surface area contributed by atoms with Gasteiger partial charge in [-0.2, -0.15) is 0 Å². The highest BCUT2D eigenvalue weighted by atomic mass is 15.0. The molecule has 1 N–H and O–H groups in total. The third-order valence-corrected chi connectivity index (χ3v) is 4.58. The molecule has 1 heterocycles. The zero-order valence-corrected chi connectivity index (χ0v) is 14.8. The molecule has 0 bridgehead atoms. The lowest BCUT2D eigenvalue weighted by atomic mass is 9.87. The predicted molar refractivity (Wildman–Crippen MR) is 101 cm³/mol. The van der Waals surface area contributed by atoms with Crippen molar-refractivity contribution in [1.82, 2.24) is 4.98 Å². The topological polar surface area (TPSA) is 24.9 Å². The lowest BCUT2D eigenvalue weighted by Gasteiger charge is -2.33. The van der Waals surface area contributed by atoms with Crippen LogP contribution < -0.4 is 5.32 Å². The molecule has 0 saturated heterocycles. The second-order valence-electron chi connectivity index (χ2n) is 6.60. The van der Waals surface area contributed by atoms with Crippen LogP contribution in [0.4, 0.5) is 5.69 Å². The molecule has 2 nitrogen and oxygen atoms in total. The maximum atomic E-state index is 4.64. The summed E-state index contributed by atoms with van der Waals surface area (Å²) in [7, 11) is 0. The Morgan fingerprint density at radius 1 is 0.833 bits per heavy atom. The molecule has 0 radical (unpaired) electrons. The third-order valence-electron chi connectivity index (χ3n) is 4.58. The molecule has 2 aromatic carbocycles. The Hall–Kier alpha value is -2.61. The molecule has 0 aliphatic heterocycles. The molecule has 0 saturated carbocycles. The van der Waals surface area contributed by atoms with Crippen LogP contribution in [0.2, 0.25) is 0 Å². The van der Waals surface area contributed by atoms with Gasteiger partial charge < -0.3 is 5.32 Å². The van der Waals surface area contributed by atoms with E-state index in [-0.39, 0.29) is 0 Å². The number of nitrogens with one attached hydrogen (secondary N) is 1. The van der Waals surface area contributed by atoms with E-state index >= 15 is 0 Å². The number of anilines is 1. The zero-order valence-electron chi connectivity index (χ0n) is 14.8. The minimum absolute atomic E-state index is 0.396. The van der Waals surface area contributed by atoms with Gasteiger partial charge in [0.2, 0.25) is 0 Å². The fraction of sp³-hybridized carbons (Fsp3) is 0.227. The summed E-state index contributed by atoms with van der Waals surface area (Å²) in [5, 5.41) is 3.79. The van der Waals surface area contributed by atoms with Gasteiger partial charge in [-0.05, 0) is 56.5 Å². The zero-order chi connectivity index (χ0) is 17.2. The number of hydrogen-bond donors (Lipinski definition) is 1. The van der Waals surface area contributed by atoms with Crippen molar-refractivity contribution in [3.63, 3.8) is 0 Å². The Labute approximate surface area is 144 Å². The number of hydrogen-bond acceptors (Lipinski definition) is 2. The van der Waals surface area contributed by atoms with Crippen molar-refractivity contribution in [2.24, 2.45) is 0 Å². The Balaban J connectivity index is 2.14. The van der Waals surface area contributed by atoms with E-state index in [1.165, 1.54) is 27.9 Å². The first-order valence-electron chi connectivity index (χ1n) is 8.34. The molecule has 3 aromatic rings. The second kappa shape index (κ2) is 6.48. The van der Waals surface area contributed by atoms with Crippen LogP contribution in [-0.4, -0.2) is 4.98 Å². The van der Waals surface area contributed by atoms with Crippen molar-refractivity contribution >= 4 is 5.69 Å². The standard InChI is InChI=1S/C22H24N2/c1-16-14-17(2)21(18(3)15-16)24-22(4,19-10-6-5-7-11-19)20-12-8-9-13-23-20/h5-15,24H,1-4H3. The van der Waals surface area contributed by atoms with Crippen LogP contribution in [-0.2, 0) is 5.54 Å². The molecule has 0 aliphatic carbocycles. The van der Waals surface area contributed by atoms with E-state index in [4.69, 9.17) is 0 Å². The molecule has 1 atom stereocenters. The summed E-state index contributed by atoms with van der Waals surface area (Å²) in [6.45, 7) is 8.65. The van der Waals surface area contributed by atoms with Gasteiger partial charge in [0.25, 0.3) is 0 Å². The molecule has 3 rings (SSSR count). The van der Waals surface area contributed by atoms with Crippen LogP contribution in [0.5, 0.6) is 0 Å². The SMILES string of the molecule is Cc1cc(C)c(NC(C)(c2ccccc2)c2ccccn2)c(C)c1. The highest BCUT2D eigenvalue weighted by molar-refractivity contribution is 5.62. The molecule has 0 fully saturated rings. The molecule has 0 aliphatic rings. The molecule has 0 spiro atoms. The molecule has 0 amide bonds. The molecule has 2 heteroatoms. The van der Waals surface area contributed by atoms with E-state index in [1.54, 1.807) is 0 Å². The van der Waals surface area contributed by atoms with E-state index in [0.717, 1.165) is 5.69 Å². The van der Waals surface area contributed by atoms with Crippen molar-refractivity contribution < 1.29 is 0 Å². The van der Waals surface area contributed by atoms with Gasteiger partial charge in [-0.1, -0.05) is 54.1 Å². The minimum Gasteiger partial charge on any atom is -0.370 e. The predicted octanol–water partition coefficient (Wildman–Crippen LogP) is 5.38. The smallest absolute Gasteiger partial charge is 0.102 e. The van der Waals surface area contributed by atoms with Crippen molar-refractivity contribution in [2.75, 3.05) is 5.32 Å². The average molecular weight is 316 g/mol. The summed E-state index contributed by atoms with van der Waals surface area (Å²) in [6, 6.07) is 21.0. The Morgan fingerprint density at radius 2 is 1.46 bits per heavy atom. The fourth-order valence-electron chi connectivity index (χ4n) is 3.34. The van der Waals surface area contributed by atoms with E-state index < -0.39 is 5.54 Å². The number of pyridine rings is 1. The van der Waals surface area contributed by atoms with E-state index in [1.807, 2.05) is 24.4 Å². The van der Waals surface area contributed by atoms with Gasteiger partial charge in [0.15, 0.2) is 0 Å². The summed E-state index contributed by atoms with van der Waals surface area (Å²) in [5.41, 5.74) is 6.79. The molecule has 1 unspecified atom stereocenters. The molecular formula is C22H24N2. The highest BCUT2D eigenvalue weighted by Crippen LogP contribution is 2.34. The van der Waals surface area contributed by atoms with Crippen LogP contribution >= 0.6 is 0 Å². The van der Waals surface area contributed by atoms with Gasteiger partial charge in [0.05, 0.1) is 5.69 Å². The summed E-state index contributed by atoms with van der Waals surface area (Å²) in [5.74, 6) is 0. The normalized spacial score (nSPS) is 13.3. The summed E-state index contributed by atoms with van der Waals surface area (Å²) < 4.78 is 0. The van der Waals surface area contributed by atoms with Crippen LogP contribution in [0.15, 0.2) is 66.9 Å². The summed E-state index contributed by atoms with van der Waals surface area (Å²) in [6.07, 6.45) is 1.85. The van der Waals surface area contributed by atoms with Gasteiger partial charge in [0, 0.05) is 11.9 Å². The largest absolute Gasteiger partial charge is 0.370 e. The number of aromatic nitrogens is 1. The highest BCUT2D eigenvalue weighted by Gasteiger charge is 2.31. The van der Waals surface area contributed by atoms with Gasteiger partial charge in [-0.25, -0.2) is 0 Å². The van der Waals surface area contributed by atoms with Gasteiger partial charge in [-0.15, -0.1) is 0 Å². The first-order valence-corrected chi connectivity index (χ1v) is 8.34. The molecular weight excluding hydrogens is 292 g/mol. The van der Waals surface area contributed by atoms with E-state index in [0.29, 0.717) is 0 Å². The first kappa shape index (κ1) is 16.3. The van der Waals surface area contributed by atoms with Crippen molar-refractivity contribution in [2.45, 2.75) is 33.2 Å². The average Bonchev–Trinajstić information content (AvgIpc) is 2.59. The monoisotopic (exact) mass is 316 g/mol. The quantitative estimate of drug-likeness (QED) is 0.698. The molecule has 122 valence electrons. The number of aryl methyl sites for hydroxylation is 3. The van der Waals surface area contributed by atoms with E-state index in [2.05, 4.69) is 80.5 Å². The minimum atomic E-state index is -0.396. The Morgan fingerprint density at radius 3 is 2.04 bits per heavy atom. The van der Waals surface area contributed by atoms with Crippen LogP contribution in [0.1, 0.15) is 34.9 Å². The maximum absolute atomic E-state index is 4.64.